The van der Waals surface area contributed by atoms with Gasteiger partial charge in [0.2, 0.25) is 10.0 Å². The number of carboxylic acids is 1. The molecule has 9 heteroatoms. The second-order valence-corrected chi connectivity index (χ2v) is 13.5. The second-order valence-electron chi connectivity index (χ2n) is 11.6. The molecule has 0 amide bonds. The van der Waals surface area contributed by atoms with Crippen LogP contribution in [0.25, 0.3) is 0 Å². The van der Waals surface area contributed by atoms with E-state index in [9.17, 15) is 18.3 Å². The van der Waals surface area contributed by atoms with Crippen molar-refractivity contribution in [2.45, 2.75) is 90.6 Å². The van der Waals surface area contributed by atoms with Crippen molar-refractivity contribution < 1.29 is 18.3 Å². The Hall–Kier alpha value is -3.04. The van der Waals surface area contributed by atoms with E-state index >= 15 is 0 Å². The first-order valence-electron chi connectivity index (χ1n) is 14.3. The van der Waals surface area contributed by atoms with Gasteiger partial charge in [0.1, 0.15) is 0 Å². The Morgan fingerprint density at radius 1 is 1.18 bits per heavy atom. The molecule has 2 aromatic carbocycles. The predicted octanol–water partition coefficient (Wildman–Crippen LogP) is 5.60. The molecule has 4 rings (SSSR count). The van der Waals surface area contributed by atoms with E-state index in [0.29, 0.717) is 17.9 Å². The lowest BCUT2D eigenvalue weighted by Crippen LogP contribution is -2.34. The summed E-state index contributed by atoms with van der Waals surface area (Å²) in [5.41, 5.74) is 3.60. The van der Waals surface area contributed by atoms with E-state index in [1.54, 1.807) is 35.0 Å². The highest BCUT2D eigenvalue weighted by Gasteiger charge is 2.38. The van der Waals surface area contributed by atoms with Gasteiger partial charge in [-0.2, -0.15) is 4.31 Å². The average molecular weight is 567 g/mol. The molecule has 0 saturated heterocycles. The SMILES string of the molecule is CC[C@@H]1Cc2ccccc2S(=O)(=O)N(Cc2cc([C@@H](CCCc3cn(CC)nn3)C(C)(C)C(=O)O)ccc2C)C1. The molecule has 0 unspecified atom stereocenters. The van der Waals surface area contributed by atoms with Gasteiger partial charge in [-0.25, -0.2) is 8.42 Å². The predicted molar refractivity (Wildman–Crippen MR) is 155 cm³/mol. The summed E-state index contributed by atoms with van der Waals surface area (Å²) >= 11 is 0. The summed E-state index contributed by atoms with van der Waals surface area (Å²) < 4.78 is 31.0. The van der Waals surface area contributed by atoms with Crippen molar-refractivity contribution in [3.8, 4) is 0 Å². The molecule has 0 radical (unpaired) electrons. The number of nitrogens with zero attached hydrogens (tertiary/aromatic N) is 4. The first kappa shape index (κ1) is 29.9. The lowest BCUT2D eigenvalue weighted by molar-refractivity contribution is -0.148. The van der Waals surface area contributed by atoms with E-state index in [2.05, 4.69) is 17.2 Å². The van der Waals surface area contributed by atoms with Crippen molar-refractivity contribution in [1.29, 1.82) is 0 Å². The number of carboxylic acid groups (broad SMARTS) is 1. The van der Waals surface area contributed by atoms with E-state index in [0.717, 1.165) is 60.2 Å². The van der Waals surface area contributed by atoms with Gasteiger partial charge in [-0.3, -0.25) is 9.48 Å². The topological polar surface area (TPSA) is 105 Å². The number of aromatic nitrogens is 3. The zero-order chi connectivity index (χ0) is 29.1. The summed E-state index contributed by atoms with van der Waals surface area (Å²) in [6, 6.07) is 13.4. The number of hydrogen-bond acceptors (Lipinski definition) is 5. The fourth-order valence-electron chi connectivity index (χ4n) is 5.70. The fourth-order valence-corrected chi connectivity index (χ4v) is 7.43. The summed E-state index contributed by atoms with van der Waals surface area (Å²) in [5, 5.41) is 18.5. The van der Waals surface area contributed by atoms with Gasteiger partial charge < -0.3 is 5.11 Å². The monoisotopic (exact) mass is 566 g/mol. The Kier molecular flexibility index (Phi) is 9.15. The summed E-state index contributed by atoms with van der Waals surface area (Å²) in [6.45, 7) is 11.1. The minimum atomic E-state index is -3.67. The third-order valence-electron chi connectivity index (χ3n) is 8.52. The Bertz CT molecular complexity index is 1450. The van der Waals surface area contributed by atoms with Gasteiger partial charge in [0.25, 0.3) is 0 Å². The molecule has 2 atom stereocenters. The molecule has 1 aliphatic rings. The molecule has 1 aliphatic heterocycles. The van der Waals surface area contributed by atoms with Crippen molar-refractivity contribution in [1.82, 2.24) is 19.3 Å². The molecule has 0 bridgehead atoms. The number of aliphatic carboxylic acids is 1. The Labute approximate surface area is 238 Å². The number of rotatable bonds is 11. The van der Waals surface area contributed by atoms with Crippen molar-refractivity contribution in [2.75, 3.05) is 6.54 Å². The molecule has 0 aliphatic carbocycles. The minimum absolute atomic E-state index is 0.228. The van der Waals surface area contributed by atoms with Crippen LogP contribution in [0, 0.1) is 18.3 Å². The maximum Gasteiger partial charge on any atom is 0.309 e. The molecule has 2 heterocycles. The van der Waals surface area contributed by atoms with E-state index in [1.807, 2.05) is 50.4 Å². The van der Waals surface area contributed by atoms with E-state index in [-0.39, 0.29) is 18.4 Å². The molecule has 1 aromatic heterocycles. The normalized spacial score (nSPS) is 18.2. The van der Waals surface area contributed by atoms with Gasteiger partial charge in [-0.05, 0) is 93.5 Å². The lowest BCUT2D eigenvalue weighted by Gasteiger charge is -2.32. The number of carbonyl (C=O) groups is 1. The van der Waals surface area contributed by atoms with Gasteiger partial charge in [0.05, 0.1) is 16.0 Å². The van der Waals surface area contributed by atoms with Crippen LogP contribution < -0.4 is 0 Å². The van der Waals surface area contributed by atoms with Crippen molar-refractivity contribution >= 4 is 16.0 Å². The largest absolute Gasteiger partial charge is 0.481 e. The molecule has 0 fully saturated rings. The summed E-state index contributed by atoms with van der Waals surface area (Å²) in [6.07, 6.45) is 5.71. The van der Waals surface area contributed by atoms with Crippen LogP contribution in [-0.4, -0.2) is 45.3 Å². The number of benzene rings is 2. The third kappa shape index (κ3) is 6.31. The van der Waals surface area contributed by atoms with Crippen LogP contribution in [0.4, 0.5) is 0 Å². The molecule has 1 N–H and O–H groups in total. The highest BCUT2D eigenvalue weighted by Crippen LogP contribution is 2.41. The summed E-state index contributed by atoms with van der Waals surface area (Å²) in [7, 11) is -3.67. The van der Waals surface area contributed by atoms with Gasteiger partial charge in [0, 0.05) is 25.8 Å². The first-order valence-corrected chi connectivity index (χ1v) is 15.7. The molecular weight excluding hydrogens is 524 g/mol. The molecule has 40 heavy (non-hydrogen) atoms. The molecule has 8 nitrogen and oxygen atoms in total. The van der Waals surface area contributed by atoms with Crippen LogP contribution in [0.3, 0.4) is 0 Å². The Balaban J connectivity index is 1.64. The zero-order valence-corrected chi connectivity index (χ0v) is 25.1. The molecule has 0 saturated carbocycles. The number of aryl methyl sites for hydroxylation is 3. The van der Waals surface area contributed by atoms with Gasteiger partial charge in [-0.1, -0.05) is 55.0 Å². The van der Waals surface area contributed by atoms with E-state index in [4.69, 9.17) is 0 Å². The number of hydrogen-bond donors (Lipinski definition) is 1. The van der Waals surface area contributed by atoms with E-state index < -0.39 is 21.4 Å². The van der Waals surface area contributed by atoms with Crippen LogP contribution in [0.2, 0.25) is 0 Å². The van der Waals surface area contributed by atoms with Crippen molar-refractivity contribution in [3.05, 3.63) is 76.6 Å². The standard InChI is InChI=1S/C31H42N4O4S/c1-6-23-17-25-11-8-9-14-29(25)40(38,39)35(19-23)20-26-18-24(16-15-22(26)3)28(31(4,5)30(36)37)13-10-12-27-21-34(7-2)33-32-27/h8-9,11,14-16,18,21,23,28H,6-7,10,12-13,17,19-20H2,1-5H3,(H,36,37)/t23-,28-/m1/s1. The number of fused-ring (bicyclic) bond motifs is 1. The number of sulfonamides is 1. The average Bonchev–Trinajstić information content (AvgIpc) is 3.35. The highest BCUT2D eigenvalue weighted by atomic mass is 32.2. The van der Waals surface area contributed by atoms with Crippen molar-refractivity contribution in [3.63, 3.8) is 0 Å². The summed E-state index contributed by atoms with van der Waals surface area (Å²) in [4.78, 5) is 12.8. The van der Waals surface area contributed by atoms with Gasteiger partial charge in [-0.15, -0.1) is 5.10 Å². The molecule has 3 aromatic rings. The molecule has 0 spiro atoms. The molecule has 216 valence electrons. The van der Waals surface area contributed by atoms with Crippen LogP contribution in [0.1, 0.15) is 80.8 Å². The quantitative estimate of drug-likeness (QED) is 0.324. The molecular formula is C31H42N4O4S. The van der Waals surface area contributed by atoms with Gasteiger partial charge in [0.15, 0.2) is 0 Å². The maximum atomic E-state index is 13.8. The summed E-state index contributed by atoms with van der Waals surface area (Å²) in [5.74, 6) is -0.879. The highest BCUT2D eigenvalue weighted by molar-refractivity contribution is 7.89. The van der Waals surface area contributed by atoms with Crippen LogP contribution in [0.5, 0.6) is 0 Å². The minimum Gasteiger partial charge on any atom is -0.481 e. The Morgan fingerprint density at radius 3 is 2.60 bits per heavy atom. The second kappa shape index (κ2) is 12.2. The maximum absolute atomic E-state index is 13.8. The first-order chi connectivity index (χ1) is 19.0. The lowest BCUT2D eigenvalue weighted by atomic mass is 9.72. The Morgan fingerprint density at radius 2 is 1.93 bits per heavy atom. The van der Waals surface area contributed by atoms with Crippen LogP contribution >= 0.6 is 0 Å². The fraction of sp³-hybridized carbons (Fsp3) is 0.516. The van der Waals surface area contributed by atoms with Crippen LogP contribution in [0.15, 0.2) is 53.6 Å². The van der Waals surface area contributed by atoms with Crippen molar-refractivity contribution in [2.24, 2.45) is 11.3 Å². The smallest absolute Gasteiger partial charge is 0.309 e. The zero-order valence-electron chi connectivity index (χ0n) is 24.3. The third-order valence-corrected chi connectivity index (χ3v) is 10.4. The van der Waals surface area contributed by atoms with Crippen LogP contribution in [-0.2, 0) is 40.7 Å². The van der Waals surface area contributed by atoms with Gasteiger partial charge >= 0.3 is 5.97 Å². The van der Waals surface area contributed by atoms with E-state index in [1.165, 1.54) is 0 Å².